The number of amides is 7. The summed E-state index contributed by atoms with van der Waals surface area (Å²) in [5, 5.41) is 52.0. The average Bonchev–Trinajstić information content (AvgIpc) is 0.939. The van der Waals surface area contributed by atoms with Crippen LogP contribution in [0.5, 0.6) is 0 Å². The molecule has 0 fully saturated rings. The third kappa shape index (κ3) is 53.6. The number of likely N-dealkylation sites (N-methyl/N-ethyl adjacent to an activating group) is 2. The van der Waals surface area contributed by atoms with Gasteiger partial charge in [0.1, 0.15) is 32.2 Å². The molecular formula is C66H125N13O20. The second kappa shape index (κ2) is 60.8. The second-order valence-corrected chi connectivity index (χ2v) is 24.9. The number of ketones is 2. The van der Waals surface area contributed by atoms with Gasteiger partial charge in [0.05, 0.1) is 120 Å². The fraction of sp³-hybridized carbons (Fsp3) is 0.833. The van der Waals surface area contributed by atoms with Gasteiger partial charge >= 0.3 is 0 Å². The van der Waals surface area contributed by atoms with Crippen LogP contribution in [0.15, 0.2) is 10.3 Å². The zero-order chi connectivity index (χ0) is 73.8. The third-order valence-corrected chi connectivity index (χ3v) is 15.9. The van der Waals surface area contributed by atoms with Gasteiger partial charge in [-0.15, -0.1) is 0 Å². The summed E-state index contributed by atoms with van der Waals surface area (Å²) in [5.41, 5.74) is 10.2. The van der Waals surface area contributed by atoms with E-state index >= 15 is 0 Å². The monoisotopic (exact) mass is 1420 g/mol. The van der Waals surface area contributed by atoms with Crippen LogP contribution in [0, 0.1) is 5.92 Å². The van der Waals surface area contributed by atoms with Gasteiger partial charge in [-0.2, -0.15) is 0 Å². The zero-order valence-corrected chi connectivity index (χ0v) is 60.6. The van der Waals surface area contributed by atoms with E-state index in [9.17, 15) is 53.6 Å². The molecule has 15 N–H and O–H groups in total. The van der Waals surface area contributed by atoms with Crippen molar-refractivity contribution >= 4 is 64.3 Å². The molecule has 0 unspecified atom stereocenters. The molecule has 0 aromatic rings. The van der Waals surface area contributed by atoms with E-state index in [1.165, 1.54) is 0 Å². The summed E-state index contributed by atoms with van der Waals surface area (Å²) in [4.78, 5) is 111. The summed E-state index contributed by atoms with van der Waals surface area (Å²) in [6, 6.07) is -1.28. The van der Waals surface area contributed by atoms with Crippen LogP contribution in [-0.4, -0.2) is 276 Å². The molecule has 33 heteroatoms. The topological polar surface area (TPSA) is 462 Å². The Kier molecular flexibility index (Phi) is 57.1. The number of hydrogen-bond donors (Lipinski definition) is 13. The molecule has 0 aromatic heterocycles. The number of nitrogens with zero attached hydrogens (tertiary/aromatic N) is 2. The van der Waals surface area contributed by atoms with Crippen LogP contribution in [0.2, 0.25) is 0 Å². The number of primary amides is 2. The molecule has 0 aliphatic heterocycles. The lowest BCUT2D eigenvalue weighted by atomic mass is 9.93. The lowest BCUT2D eigenvalue weighted by Crippen LogP contribution is -2.57. The molecule has 0 aliphatic carbocycles. The van der Waals surface area contributed by atoms with Crippen molar-refractivity contribution in [2.45, 2.75) is 180 Å². The van der Waals surface area contributed by atoms with E-state index in [-0.39, 0.29) is 146 Å². The van der Waals surface area contributed by atoms with Gasteiger partial charge in [0.25, 0.3) is 0 Å². The van der Waals surface area contributed by atoms with Gasteiger partial charge in [0.15, 0.2) is 5.78 Å². The number of Topliss-reactive ketones (excluding diaryl/α,β-unsaturated/α-hetero) is 2. The number of ether oxygens (including phenoxy) is 9. The maximum Gasteiger partial charge on any atom is 0.246 e. The molecule has 0 saturated carbocycles. The Morgan fingerprint density at radius 2 is 0.768 bits per heavy atom. The van der Waals surface area contributed by atoms with Gasteiger partial charge in [-0.25, -0.2) is 0 Å². The lowest BCUT2D eigenvalue weighted by Gasteiger charge is -2.32. The van der Waals surface area contributed by atoms with E-state index in [1.54, 1.807) is 27.9 Å². The average molecular weight is 1420 g/mol. The normalized spacial score (nSPS) is 13.0. The second-order valence-electron chi connectivity index (χ2n) is 24.9. The van der Waals surface area contributed by atoms with Crippen LogP contribution in [0.25, 0.3) is 0 Å². The SMILES string of the molecule is CN[C@@H](CCCCNC(=O)COCCOCCOCC(=O)CCCCOCCOCCOCCCNC(=O)COCCOCCOCC(=O)NCCCC[C@H](CC(=O)CCCC(=O)NC(CNC(C)(C)/C(C)=N/O)CNC(C)(C)/C(C)=N/O)C(=O)NCCCC[C@H](NC)C(N)=O)C(N)=O. The zero-order valence-electron chi connectivity index (χ0n) is 60.6. The van der Waals surface area contributed by atoms with Crippen molar-refractivity contribution < 1.29 is 96.2 Å². The molecule has 0 saturated heterocycles. The molecule has 0 aromatic carbocycles. The number of rotatable bonds is 70. The highest BCUT2D eigenvalue weighted by Crippen LogP contribution is 2.17. The number of nitrogens with one attached hydrogen (secondary N) is 9. The third-order valence-electron chi connectivity index (χ3n) is 15.9. The molecule has 7 amide bonds. The predicted octanol–water partition coefficient (Wildman–Crippen LogP) is 0.0547. The molecule has 0 spiro atoms. The first-order valence-corrected chi connectivity index (χ1v) is 34.8. The minimum absolute atomic E-state index is 0.00264. The summed E-state index contributed by atoms with van der Waals surface area (Å²) < 4.78 is 49.0. The van der Waals surface area contributed by atoms with Crippen molar-refractivity contribution in [3.63, 3.8) is 0 Å². The molecule has 99 heavy (non-hydrogen) atoms. The Labute approximate surface area is 586 Å². The lowest BCUT2D eigenvalue weighted by molar-refractivity contribution is -0.130. The highest BCUT2D eigenvalue weighted by atomic mass is 16.6. The predicted molar refractivity (Wildman–Crippen MR) is 371 cm³/mol. The largest absolute Gasteiger partial charge is 0.411 e. The fourth-order valence-corrected chi connectivity index (χ4v) is 9.07. The minimum atomic E-state index is -0.686. The van der Waals surface area contributed by atoms with E-state index in [0.29, 0.717) is 161 Å². The quantitative estimate of drug-likeness (QED) is 0.0166. The van der Waals surface area contributed by atoms with E-state index < -0.39 is 40.9 Å². The molecular weight excluding hydrogens is 1290 g/mol. The van der Waals surface area contributed by atoms with Crippen LogP contribution in [0.3, 0.4) is 0 Å². The van der Waals surface area contributed by atoms with Gasteiger partial charge in [0.2, 0.25) is 41.4 Å². The minimum Gasteiger partial charge on any atom is -0.411 e. The molecule has 574 valence electrons. The summed E-state index contributed by atoms with van der Waals surface area (Å²) >= 11 is 0. The van der Waals surface area contributed by atoms with Crippen molar-refractivity contribution in [2.24, 2.45) is 27.7 Å². The Balaban J connectivity index is 4.21. The molecule has 0 heterocycles. The van der Waals surface area contributed by atoms with Crippen molar-refractivity contribution in [3.8, 4) is 0 Å². The van der Waals surface area contributed by atoms with Crippen molar-refractivity contribution in [3.05, 3.63) is 0 Å². The van der Waals surface area contributed by atoms with Crippen LogP contribution >= 0.6 is 0 Å². The van der Waals surface area contributed by atoms with E-state index in [1.807, 2.05) is 27.7 Å². The highest BCUT2D eigenvalue weighted by molar-refractivity contribution is 5.91. The Morgan fingerprint density at radius 1 is 0.404 bits per heavy atom. The van der Waals surface area contributed by atoms with Crippen LogP contribution in [0.4, 0.5) is 0 Å². The smallest absolute Gasteiger partial charge is 0.246 e. The molecule has 0 aliphatic rings. The number of oxime groups is 2. The number of nitrogens with two attached hydrogens (primary N) is 2. The number of hydrogen-bond acceptors (Lipinski definition) is 26. The maximum absolute atomic E-state index is 13.4. The molecule has 0 bridgehead atoms. The first kappa shape index (κ1) is 93.0. The molecule has 33 nitrogen and oxygen atoms in total. The maximum atomic E-state index is 13.4. The van der Waals surface area contributed by atoms with Gasteiger partial charge < -0.3 is 112 Å². The van der Waals surface area contributed by atoms with Gasteiger partial charge in [-0.1, -0.05) is 16.7 Å². The Morgan fingerprint density at radius 3 is 1.18 bits per heavy atom. The van der Waals surface area contributed by atoms with Crippen molar-refractivity contribution in [1.82, 2.24) is 47.9 Å². The van der Waals surface area contributed by atoms with Crippen LogP contribution < -0.4 is 59.3 Å². The summed E-state index contributed by atoms with van der Waals surface area (Å²) in [6.07, 6.45) is 8.06. The van der Waals surface area contributed by atoms with Gasteiger partial charge in [0, 0.05) is 84.1 Å². The van der Waals surface area contributed by atoms with E-state index in [2.05, 4.69) is 58.2 Å². The molecule has 0 radical (unpaired) electrons. The van der Waals surface area contributed by atoms with Crippen LogP contribution in [-0.2, 0) is 85.8 Å². The van der Waals surface area contributed by atoms with Crippen molar-refractivity contribution in [2.75, 3.05) is 172 Å². The number of unbranched alkanes of at least 4 members (excludes halogenated alkanes) is 4. The van der Waals surface area contributed by atoms with E-state index in [4.69, 9.17) is 54.1 Å². The van der Waals surface area contributed by atoms with Gasteiger partial charge in [-0.3, -0.25) is 43.2 Å². The summed E-state index contributed by atoms with van der Waals surface area (Å²) in [7, 11) is 3.33. The summed E-state index contributed by atoms with van der Waals surface area (Å²) in [5.74, 6) is -3.03. The van der Waals surface area contributed by atoms with Crippen LogP contribution in [0.1, 0.15) is 151 Å². The van der Waals surface area contributed by atoms with Crippen molar-refractivity contribution in [1.29, 1.82) is 0 Å². The standard InChI is InChI=1S/C66H125N13O20/c1-50(78-89)65(3,4)75-44-53(45-76-66(5,6)51(2)79-90)77-58(82)24-17-21-54(80)43-52(64(88)74-27-15-11-23-57(70-8)63(68)87)19-9-13-25-71-59(83)47-98-41-37-95-38-42-99-49-61(85)73-28-18-30-92-32-34-93-33-31-91-29-16-12-20-55(81)46-96-39-35-94-36-40-97-48-60(84)72-26-14-10-22-56(69-7)62(67)86/h52-53,56-57,69-70,75-76,89-90H,9-49H2,1-8H3,(H2,67,86)(H2,68,87)(H,71,83)(H,72,84)(H,73,85)(H,74,88)(H,77,82)/b78-50+,79-51+/t52-,56+,57+/m1/s1. The summed E-state index contributed by atoms with van der Waals surface area (Å²) in [6.45, 7) is 17.0. The van der Waals surface area contributed by atoms with E-state index in [0.717, 1.165) is 19.3 Å². The first-order chi connectivity index (χ1) is 47.4. The Bertz CT molecular complexity index is 2250. The molecule has 3 atom stereocenters. The van der Waals surface area contributed by atoms with Gasteiger partial charge in [-0.05, 0) is 133 Å². The highest BCUT2D eigenvalue weighted by Gasteiger charge is 2.28. The molecule has 0 rings (SSSR count). The number of carbonyl (C=O) groups is 9. The Hall–Kier alpha value is -5.95. The number of carbonyl (C=O) groups excluding carboxylic acids is 9. The fourth-order valence-electron chi connectivity index (χ4n) is 9.07. The first-order valence-electron chi connectivity index (χ1n) is 34.8.